The van der Waals surface area contributed by atoms with E-state index in [1.165, 1.54) is 13.0 Å². The number of carbonyl (C=O) groups is 1. The Hall–Kier alpha value is -1.10. The number of hydrogen-bond donors (Lipinski definition) is 2. The topological polar surface area (TPSA) is 41.1 Å². The Morgan fingerprint density at radius 1 is 1.44 bits per heavy atom. The van der Waals surface area contributed by atoms with E-state index in [1.54, 1.807) is 6.07 Å². The number of amides is 1. The number of carbonyl (C=O) groups excluding carboxylic acids is 1. The highest BCUT2D eigenvalue weighted by molar-refractivity contribution is 9.10. The van der Waals surface area contributed by atoms with Crippen molar-refractivity contribution in [3.8, 4) is 0 Å². The van der Waals surface area contributed by atoms with Crippen molar-refractivity contribution in [3.63, 3.8) is 0 Å². The van der Waals surface area contributed by atoms with Gasteiger partial charge in [-0.1, -0.05) is 0 Å². The molecular weight excluding hydrogens is 275 g/mol. The van der Waals surface area contributed by atoms with E-state index in [-0.39, 0.29) is 11.7 Å². The molecule has 88 valence electrons. The fraction of sp³-hybridized carbons (Fsp3) is 0.364. The predicted molar refractivity (Wildman–Crippen MR) is 66.0 cm³/mol. The van der Waals surface area contributed by atoms with Gasteiger partial charge in [-0.15, -0.1) is 0 Å². The maximum atomic E-state index is 13.2. The molecule has 0 aromatic heterocycles. The lowest BCUT2D eigenvalue weighted by Gasteiger charge is -2.10. The first-order valence-corrected chi connectivity index (χ1v) is 5.74. The molecule has 0 saturated carbocycles. The fourth-order valence-corrected chi connectivity index (χ4v) is 1.73. The molecule has 0 unspecified atom stereocenters. The van der Waals surface area contributed by atoms with Crippen LogP contribution in [-0.2, 0) is 4.79 Å². The first kappa shape index (κ1) is 13.0. The van der Waals surface area contributed by atoms with Crippen molar-refractivity contribution in [1.29, 1.82) is 0 Å². The van der Waals surface area contributed by atoms with E-state index in [4.69, 9.17) is 0 Å². The van der Waals surface area contributed by atoms with Gasteiger partial charge in [0.15, 0.2) is 0 Å². The molecule has 0 radical (unpaired) electrons. The van der Waals surface area contributed by atoms with Gasteiger partial charge in [0, 0.05) is 25.7 Å². The van der Waals surface area contributed by atoms with Crippen LogP contribution in [0.5, 0.6) is 0 Å². The number of anilines is 1. The summed E-state index contributed by atoms with van der Waals surface area (Å²) in [5.41, 5.74) is 1.70. The van der Waals surface area contributed by atoms with Crippen molar-refractivity contribution < 1.29 is 9.18 Å². The number of aryl methyl sites for hydroxylation is 1. The number of hydrogen-bond acceptors (Lipinski definition) is 2. The lowest BCUT2D eigenvalue weighted by Crippen LogP contribution is -2.26. The van der Waals surface area contributed by atoms with E-state index >= 15 is 0 Å². The molecule has 0 atom stereocenters. The van der Waals surface area contributed by atoms with Gasteiger partial charge < -0.3 is 10.6 Å². The normalized spacial score (nSPS) is 10.0. The lowest BCUT2D eigenvalue weighted by atomic mass is 10.2. The molecule has 2 N–H and O–H groups in total. The molecule has 0 fully saturated rings. The molecule has 0 spiro atoms. The van der Waals surface area contributed by atoms with Crippen molar-refractivity contribution in [2.24, 2.45) is 0 Å². The van der Waals surface area contributed by atoms with E-state index in [9.17, 15) is 9.18 Å². The van der Waals surface area contributed by atoms with Gasteiger partial charge in [-0.05, 0) is 40.5 Å². The van der Waals surface area contributed by atoms with Gasteiger partial charge in [0.25, 0.3) is 0 Å². The minimum Gasteiger partial charge on any atom is -0.383 e. The number of nitrogens with one attached hydrogen (secondary N) is 2. The van der Waals surface area contributed by atoms with Crippen molar-refractivity contribution in [3.05, 3.63) is 28.0 Å². The number of halogens is 2. The molecule has 0 aliphatic rings. The van der Waals surface area contributed by atoms with Gasteiger partial charge in [-0.3, -0.25) is 4.79 Å². The highest BCUT2D eigenvalue weighted by Gasteiger charge is 2.04. The van der Waals surface area contributed by atoms with Gasteiger partial charge in [-0.2, -0.15) is 0 Å². The highest BCUT2D eigenvalue weighted by atomic mass is 79.9. The number of rotatable bonds is 4. The maximum Gasteiger partial charge on any atom is 0.216 e. The monoisotopic (exact) mass is 288 g/mol. The van der Waals surface area contributed by atoms with Crippen LogP contribution in [-0.4, -0.2) is 19.0 Å². The summed E-state index contributed by atoms with van der Waals surface area (Å²) in [5.74, 6) is -0.367. The Morgan fingerprint density at radius 2 is 2.12 bits per heavy atom. The summed E-state index contributed by atoms with van der Waals surface area (Å²) in [4.78, 5) is 10.6. The first-order valence-electron chi connectivity index (χ1n) is 4.94. The van der Waals surface area contributed by atoms with Crippen LogP contribution >= 0.6 is 15.9 Å². The Kier molecular flexibility index (Phi) is 4.73. The number of benzene rings is 1. The molecule has 0 aliphatic carbocycles. The summed E-state index contributed by atoms with van der Waals surface area (Å²) in [5, 5.41) is 5.72. The molecule has 3 nitrogen and oxygen atoms in total. The zero-order chi connectivity index (χ0) is 12.1. The SMILES string of the molecule is CC(=O)NCCNc1cc(F)c(Br)cc1C. The molecule has 16 heavy (non-hydrogen) atoms. The second-order valence-electron chi connectivity index (χ2n) is 3.49. The summed E-state index contributed by atoms with van der Waals surface area (Å²) >= 11 is 3.12. The van der Waals surface area contributed by atoms with Crippen molar-refractivity contribution >= 4 is 27.5 Å². The molecule has 1 amide bonds. The van der Waals surface area contributed by atoms with E-state index in [1.807, 2.05) is 6.92 Å². The molecule has 0 bridgehead atoms. The third-order valence-electron chi connectivity index (χ3n) is 2.08. The molecular formula is C11H14BrFN2O. The minimum absolute atomic E-state index is 0.0690. The van der Waals surface area contributed by atoms with Crippen LogP contribution in [0.4, 0.5) is 10.1 Å². The molecule has 1 aromatic carbocycles. The summed E-state index contributed by atoms with van der Waals surface area (Å²) in [6.07, 6.45) is 0. The van der Waals surface area contributed by atoms with Gasteiger partial charge in [0.1, 0.15) is 5.82 Å². The van der Waals surface area contributed by atoms with Crippen molar-refractivity contribution in [2.75, 3.05) is 18.4 Å². The van der Waals surface area contributed by atoms with Crippen LogP contribution in [0.15, 0.2) is 16.6 Å². The van der Waals surface area contributed by atoms with Gasteiger partial charge in [-0.25, -0.2) is 4.39 Å². The van der Waals surface area contributed by atoms with Gasteiger partial charge in [0.05, 0.1) is 4.47 Å². The maximum absolute atomic E-state index is 13.2. The van der Waals surface area contributed by atoms with Crippen LogP contribution in [0, 0.1) is 12.7 Å². The van der Waals surface area contributed by atoms with Crippen molar-refractivity contribution in [2.45, 2.75) is 13.8 Å². The summed E-state index contributed by atoms with van der Waals surface area (Å²) in [7, 11) is 0. The molecule has 0 aliphatic heterocycles. The Bertz CT molecular complexity index is 396. The zero-order valence-corrected chi connectivity index (χ0v) is 10.8. The quantitative estimate of drug-likeness (QED) is 0.836. The molecule has 0 heterocycles. The minimum atomic E-state index is -0.298. The standard InChI is InChI=1S/C11H14BrFN2O/c1-7-5-9(12)10(13)6-11(7)15-4-3-14-8(2)16/h5-6,15H,3-4H2,1-2H3,(H,14,16). The van der Waals surface area contributed by atoms with Crippen molar-refractivity contribution in [1.82, 2.24) is 5.32 Å². The third kappa shape index (κ3) is 3.81. The van der Waals surface area contributed by atoms with Gasteiger partial charge >= 0.3 is 0 Å². The molecule has 1 aromatic rings. The third-order valence-corrected chi connectivity index (χ3v) is 2.69. The Balaban J connectivity index is 2.54. The van der Waals surface area contributed by atoms with Crippen LogP contribution in [0.1, 0.15) is 12.5 Å². The lowest BCUT2D eigenvalue weighted by molar-refractivity contribution is -0.118. The smallest absolute Gasteiger partial charge is 0.216 e. The predicted octanol–water partition coefficient (Wildman–Crippen LogP) is 2.44. The average molecular weight is 289 g/mol. The Morgan fingerprint density at radius 3 is 2.75 bits per heavy atom. The molecule has 0 saturated heterocycles. The van der Waals surface area contributed by atoms with E-state index < -0.39 is 0 Å². The average Bonchev–Trinajstić information content (AvgIpc) is 2.19. The first-order chi connectivity index (χ1) is 7.50. The summed E-state index contributed by atoms with van der Waals surface area (Å²) in [6.45, 7) is 4.45. The highest BCUT2D eigenvalue weighted by Crippen LogP contribution is 2.23. The van der Waals surface area contributed by atoms with Crippen LogP contribution < -0.4 is 10.6 Å². The summed E-state index contributed by atoms with van der Waals surface area (Å²) < 4.78 is 13.7. The van der Waals surface area contributed by atoms with E-state index in [2.05, 4.69) is 26.6 Å². The fourth-order valence-electron chi connectivity index (χ4n) is 1.27. The zero-order valence-electron chi connectivity index (χ0n) is 9.23. The van der Waals surface area contributed by atoms with E-state index in [0.29, 0.717) is 17.6 Å². The van der Waals surface area contributed by atoms with Gasteiger partial charge in [0.2, 0.25) is 5.91 Å². The largest absolute Gasteiger partial charge is 0.383 e. The van der Waals surface area contributed by atoms with Crippen LogP contribution in [0.2, 0.25) is 0 Å². The van der Waals surface area contributed by atoms with Crippen LogP contribution in [0.3, 0.4) is 0 Å². The summed E-state index contributed by atoms with van der Waals surface area (Å²) in [6, 6.07) is 3.16. The van der Waals surface area contributed by atoms with E-state index in [0.717, 1.165) is 11.3 Å². The second kappa shape index (κ2) is 5.84. The second-order valence-corrected chi connectivity index (χ2v) is 4.35. The molecule has 1 rings (SSSR count). The van der Waals surface area contributed by atoms with Crippen LogP contribution in [0.25, 0.3) is 0 Å². The Labute approximate surface area is 103 Å². The molecule has 5 heteroatoms.